The SMILES string of the molecule is CON1C(=O)CCC12C=CC(=O)C=C2Cl. The van der Waals surface area contributed by atoms with Crippen LogP contribution >= 0.6 is 11.6 Å². The van der Waals surface area contributed by atoms with Gasteiger partial charge in [-0.2, -0.15) is 0 Å². The van der Waals surface area contributed by atoms with Crippen LogP contribution in [0.1, 0.15) is 12.8 Å². The Labute approximate surface area is 92.1 Å². The first kappa shape index (κ1) is 10.4. The maximum Gasteiger partial charge on any atom is 0.247 e. The Morgan fingerprint density at radius 2 is 2.27 bits per heavy atom. The molecule has 1 saturated heterocycles. The predicted octanol–water partition coefficient (Wildman–Crippen LogP) is 1.17. The van der Waals surface area contributed by atoms with Crippen LogP contribution in [0.4, 0.5) is 0 Å². The molecule has 1 fully saturated rings. The summed E-state index contributed by atoms with van der Waals surface area (Å²) in [6.45, 7) is 0. The highest BCUT2D eigenvalue weighted by atomic mass is 35.5. The molecule has 2 rings (SSSR count). The van der Waals surface area contributed by atoms with Crippen molar-refractivity contribution in [2.24, 2.45) is 0 Å². The van der Waals surface area contributed by atoms with Crippen molar-refractivity contribution in [3.8, 4) is 0 Å². The number of hydroxylamine groups is 2. The summed E-state index contributed by atoms with van der Waals surface area (Å²) in [5.74, 6) is -0.288. The Bertz CT molecular complexity index is 388. The average Bonchev–Trinajstić information content (AvgIpc) is 2.51. The van der Waals surface area contributed by atoms with E-state index in [0.717, 1.165) is 0 Å². The third-order valence-corrected chi connectivity index (χ3v) is 3.13. The summed E-state index contributed by atoms with van der Waals surface area (Å²) in [6, 6.07) is 0. The van der Waals surface area contributed by atoms with Gasteiger partial charge in [0.1, 0.15) is 5.54 Å². The van der Waals surface area contributed by atoms with E-state index in [1.165, 1.54) is 24.3 Å². The summed E-state index contributed by atoms with van der Waals surface area (Å²) in [5.41, 5.74) is -0.763. The van der Waals surface area contributed by atoms with Gasteiger partial charge in [0, 0.05) is 12.5 Å². The van der Waals surface area contributed by atoms with Crippen LogP contribution in [0.2, 0.25) is 0 Å². The normalized spacial score (nSPS) is 30.3. The quantitative estimate of drug-likeness (QED) is 0.676. The van der Waals surface area contributed by atoms with Crippen LogP contribution in [0.15, 0.2) is 23.3 Å². The summed E-state index contributed by atoms with van der Waals surface area (Å²) in [7, 11) is 1.42. The number of ketones is 1. The smallest absolute Gasteiger partial charge is 0.247 e. The molecule has 0 N–H and O–H groups in total. The molecule has 0 aromatic heterocycles. The lowest BCUT2D eigenvalue weighted by molar-refractivity contribution is -0.182. The van der Waals surface area contributed by atoms with E-state index in [4.69, 9.17) is 16.4 Å². The van der Waals surface area contributed by atoms with Gasteiger partial charge in [-0.25, -0.2) is 5.06 Å². The lowest BCUT2D eigenvalue weighted by Gasteiger charge is -2.34. The minimum atomic E-state index is -0.763. The topological polar surface area (TPSA) is 46.6 Å². The number of halogens is 1. The summed E-state index contributed by atoms with van der Waals surface area (Å²) >= 11 is 6.03. The standard InChI is InChI=1S/C10H10ClNO3/c1-15-12-9(14)3-5-10(12)4-2-7(13)6-8(10)11/h2,4,6H,3,5H2,1H3. The van der Waals surface area contributed by atoms with E-state index in [0.29, 0.717) is 17.9 Å². The molecular weight excluding hydrogens is 218 g/mol. The monoisotopic (exact) mass is 227 g/mol. The molecule has 80 valence electrons. The second-order valence-electron chi connectivity index (χ2n) is 3.52. The fourth-order valence-electron chi connectivity index (χ4n) is 1.95. The van der Waals surface area contributed by atoms with Crippen LogP contribution in [0.25, 0.3) is 0 Å². The van der Waals surface area contributed by atoms with Crippen molar-refractivity contribution in [2.45, 2.75) is 18.4 Å². The van der Waals surface area contributed by atoms with Crippen LogP contribution in [-0.4, -0.2) is 29.4 Å². The molecule has 0 radical (unpaired) electrons. The second-order valence-corrected chi connectivity index (χ2v) is 3.93. The third-order valence-electron chi connectivity index (χ3n) is 2.70. The van der Waals surface area contributed by atoms with Gasteiger partial charge in [-0.1, -0.05) is 11.6 Å². The zero-order valence-corrected chi connectivity index (χ0v) is 8.95. The minimum absolute atomic E-state index is 0.122. The molecular formula is C10H10ClNO3. The van der Waals surface area contributed by atoms with E-state index >= 15 is 0 Å². The molecule has 1 aliphatic heterocycles. The first-order valence-corrected chi connectivity index (χ1v) is 4.96. The summed E-state index contributed by atoms with van der Waals surface area (Å²) < 4.78 is 0. The zero-order chi connectivity index (χ0) is 11.1. The first-order chi connectivity index (χ1) is 7.10. The Hall–Kier alpha value is -1.13. The van der Waals surface area contributed by atoms with Crippen LogP contribution in [0, 0.1) is 0 Å². The number of carbonyl (C=O) groups excluding carboxylic acids is 2. The number of amides is 1. The van der Waals surface area contributed by atoms with Crippen molar-refractivity contribution in [3.05, 3.63) is 23.3 Å². The van der Waals surface area contributed by atoms with Gasteiger partial charge >= 0.3 is 0 Å². The molecule has 2 aliphatic rings. The van der Waals surface area contributed by atoms with E-state index in [-0.39, 0.29) is 11.7 Å². The molecule has 1 heterocycles. The van der Waals surface area contributed by atoms with Crippen molar-refractivity contribution in [3.63, 3.8) is 0 Å². The Balaban J connectivity index is 2.43. The molecule has 4 nitrogen and oxygen atoms in total. The number of hydrogen-bond donors (Lipinski definition) is 0. The van der Waals surface area contributed by atoms with Gasteiger partial charge in [0.05, 0.1) is 12.1 Å². The lowest BCUT2D eigenvalue weighted by Crippen LogP contribution is -2.45. The maximum atomic E-state index is 11.5. The molecule has 0 saturated carbocycles. The van der Waals surface area contributed by atoms with Gasteiger partial charge in [-0.15, -0.1) is 0 Å². The van der Waals surface area contributed by atoms with Crippen molar-refractivity contribution in [2.75, 3.05) is 7.11 Å². The van der Waals surface area contributed by atoms with E-state index in [9.17, 15) is 9.59 Å². The zero-order valence-electron chi connectivity index (χ0n) is 8.20. The van der Waals surface area contributed by atoms with Gasteiger partial charge < -0.3 is 0 Å². The van der Waals surface area contributed by atoms with Crippen LogP contribution < -0.4 is 0 Å². The molecule has 1 atom stereocenters. The summed E-state index contributed by atoms with van der Waals surface area (Å²) in [4.78, 5) is 27.6. The van der Waals surface area contributed by atoms with Gasteiger partial charge in [-0.3, -0.25) is 14.4 Å². The molecule has 1 spiro atoms. The third kappa shape index (κ3) is 1.41. The highest BCUT2D eigenvalue weighted by Crippen LogP contribution is 2.41. The van der Waals surface area contributed by atoms with Gasteiger partial charge in [0.15, 0.2) is 5.78 Å². The second kappa shape index (κ2) is 3.47. The Morgan fingerprint density at radius 3 is 2.87 bits per heavy atom. The number of rotatable bonds is 1. The Morgan fingerprint density at radius 1 is 1.53 bits per heavy atom. The molecule has 5 heteroatoms. The van der Waals surface area contributed by atoms with E-state index in [1.54, 1.807) is 6.08 Å². The average molecular weight is 228 g/mol. The molecule has 0 aromatic rings. The summed E-state index contributed by atoms with van der Waals surface area (Å²) in [5, 5.41) is 1.57. The van der Waals surface area contributed by atoms with Crippen molar-refractivity contribution in [1.82, 2.24) is 5.06 Å². The Kier molecular flexibility index (Phi) is 2.40. The highest BCUT2D eigenvalue weighted by Gasteiger charge is 2.48. The van der Waals surface area contributed by atoms with E-state index in [1.807, 2.05) is 0 Å². The van der Waals surface area contributed by atoms with Crippen LogP contribution in [0.5, 0.6) is 0 Å². The fraction of sp³-hybridized carbons (Fsp3) is 0.400. The number of allylic oxidation sites excluding steroid dienone is 2. The lowest BCUT2D eigenvalue weighted by atomic mass is 9.91. The van der Waals surface area contributed by atoms with Crippen molar-refractivity contribution in [1.29, 1.82) is 0 Å². The molecule has 0 aromatic carbocycles. The van der Waals surface area contributed by atoms with Crippen LogP contribution in [0.3, 0.4) is 0 Å². The molecule has 1 amide bonds. The fourth-order valence-corrected chi connectivity index (χ4v) is 2.29. The van der Waals surface area contributed by atoms with E-state index in [2.05, 4.69) is 0 Å². The highest BCUT2D eigenvalue weighted by molar-refractivity contribution is 6.33. The molecule has 15 heavy (non-hydrogen) atoms. The van der Waals surface area contributed by atoms with Crippen molar-refractivity contribution < 1.29 is 14.4 Å². The number of carbonyl (C=O) groups is 2. The largest absolute Gasteiger partial charge is 0.290 e. The number of hydrogen-bond acceptors (Lipinski definition) is 3. The maximum absolute atomic E-state index is 11.5. The van der Waals surface area contributed by atoms with Crippen LogP contribution in [-0.2, 0) is 14.4 Å². The molecule has 1 aliphatic carbocycles. The van der Waals surface area contributed by atoms with E-state index < -0.39 is 5.54 Å². The van der Waals surface area contributed by atoms with Crippen molar-refractivity contribution >= 4 is 23.3 Å². The first-order valence-electron chi connectivity index (χ1n) is 4.58. The van der Waals surface area contributed by atoms with Gasteiger partial charge in [0.2, 0.25) is 5.91 Å². The predicted molar refractivity (Wildman–Crippen MR) is 53.9 cm³/mol. The molecule has 0 bridgehead atoms. The summed E-state index contributed by atoms with van der Waals surface area (Å²) in [6.07, 6.45) is 5.28. The minimum Gasteiger partial charge on any atom is -0.290 e. The number of nitrogens with zero attached hydrogens (tertiary/aromatic N) is 1. The molecule has 1 unspecified atom stereocenters. The van der Waals surface area contributed by atoms with Gasteiger partial charge in [0.25, 0.3) is 0 Å². The van der Waals surface area contributed by atoms with Gasteiger partial charge in [-0.05, 0) is 18.6 Å².